The summed E-state index contributed by atoms with van der Waals surface area (Å²) >= 11 is 7.43. The van der Waals surface area contributed by atoms with Crippen LogP contribution in [-0.4, -0.2) is 0 Å². The second-order valence-corrected chi connectivity index (χ2v) is 5.24. The number of hydrogen-bond donors (Lipinski definition) is 1. The summed E-state index contributed by atoms with van der Waals surface area (Å²) in [5.74, 6) is 0.691. The number of thiophene rings is 1. The van der Waals surface area contributed by atoms with Crippen molar-refractivity contribution in [1.29, 1.82) is 0 Å². The highest BCUT2D eigenvalue weighted by Crippen LogP contribution is 2.29. The van der Waals surface area contributed by atoms with E-state index in [9.17, 15) is 0 Å². The van der Waals surface area contributed by atoms with Crippen LogP contribution in [0.1, 0.15) is 37.6 Å². The molecule has 0 radical (unpaired) electrons. The molecule has 0 spiro atoms. The Morgan fingerprint density at radius 1 is 1.54 bits per heavy atom. The molecule has 2 N–H and O–H groups in total. The molecule has 74 valence electrons. The van der Waals surface area contributed by atoms with E-state index in [0.29, 0.717) is 5.92 Å². The van der Waals surface area contributed by atoms with E-state index in [1.54, 1.807) is 11.3 Å². The zero-order chi connectivity index (χ0) is 9.84. The minimum absolute atomic E-state index is 0.160. The van der Waals surface area contributed by atoms with Gasteiger partial charge in [-0.15, -0.1) is 11.3 Å². The molecule has 0 bridgehead atoms. The Labute approximate surface area is 88.9 Å². The van der Waals surface area contributed by atoms with Gasteiger partial charge < -0.3 is 5.73 Å². The predicted molar refractivity (Wildman–Crippen MR) is 60.3 cm³/mol. The standard InChI is InChI=1S/C10H16ClNS/c1-3-7(2)6-8(12)9-4-5-10(11)13-9/h4-5,7-8H,3,6,12H2,1-2H3. The predicted octanol–water partition coefficient (Wildman–Crippen LogP) is 3.84. The van der Waals surface area contributed by atoms with Crippen LogP contribution in [0.2, 0.25) is 4.34 Å². The van der Waals surface area contributed by atoms with Gasteiger partial charge in [-0.2, -0.15) is 0 Å². The Hall–Kier alpha value is -0.0500. The van der Waals surface area contributed by atoms with E-state index in [-0.39, 0.29) is 6.04 Å². The van der Waals surface area contributed by atoms with Gasteiger partial charge in [0, 0.05) is 10.9 Å². The maximum Gasteiger partial charge on any atom is 0.0931 e. The summed E-state index contributed by atoms with van der Waals surface area (Å²) in [6.07, 6.45) is 2.24. The first-order valence-corrected chi connectivity index (χ1v) is 5.83. The third-order valence-electron chi connectivity index (χ3n) is 2.31. The van der Waals surface area contributed by atoms with Gasteiger partial charge in [-0.05, 0) is 24.5 Å². The molecule has 0 saturated carbocycles. The number of halogens is 1. The fourth-order valence-electron chi connectivity index (χ4n) is 1.24. The topological polar surface area (TPSA) is 26.0 Å². The van der Waals surface area contributed by atoms with E-state index in [2.05, 4.69) is 13.8 Å². The van der Waals surface area contributed by atoms with Gasteiger partial charge in [-0.1, -0.05) is 31.9 Å². The Morgan fingerprint density at radius 2 is 2.23 bits per heavy atom. The van der Waals surface area contributed by atoms with Crippen molar-refractivity contribution in [3.63, 3.8) is 0 Å². The normalized spacial score (nSPS) is 15.7. The van der Waals surface area contributed by atoms with Crippen molar-refractivity contribution in [2.24, 2.45) is 11.7 Å². The van der Waals surface area contributed by atoms with Crippen molar-refractivity contribution >= 4 is 22.9 Å². The molecular formula is C10H16ClNS. The molecule has 1 nitrogen and oxygen atoms in total. The lowest BCUT2D eigenvalue weighted by molar-refractivity contribution is 0.465. The summed E-state index contributed by atoms with van der Waals surface area (Å²) in [6, 6.07) is 4.10. The monoisotopic (exact) mass is 217 g/mol. The van der Waals surface area contributed by atoms with Crippen molar-refractivity contribution in [1.82, 2.24) is 0 Å². The average molecular weight is 218 g/mol. The highest BCUT2D eigenvalue weighted by Gasteiger charge is 2.11. The lowest BCUT2D eigenvalue weighted by Gasteiger charge is -2.13. The molecule has 0 amide bonds. The Morgan fingerprint density at radius 3 is 2.69 bits per heavy atom. The van der Waals surface area contributed by atoms with E-state index >= 15 is 0 Å². The van der Waals surface area contributed by atoms with Crippen LogP contribution in [0.4, 0.5) is 0 Å². The van der Waals surface area contributed by atoms with Crippen molar-refractivity contribution in [2.45, 2.75) is 32.7 Å². The van der Waals surface area contributed by atoms with Crippen LogP contribution in [0.25, 0.3) is 0 Å². The van der Waals surface area contributed by atoms with Crippen LogP contribution in [0.3, 0.4) is 0 Å². The third-order valence-corrected chi connectivity index (χ3v) is 3.68. The second-order valence-electron chi connectivity index (χ2n) is 3.50. The van der Waals surface area contributed by atoms with E-state index in [1.165, 1.54) is 11.3 Å². The number of nitrogens with two attached hydrogens (primary N) is 1. The van der Waals surface area contributed by atoms with Gasteiger partial charge >= 0.3 is 0 Å². The van der Waals surface area contributed by atoms with Crippen molar-refractivity contribution < 1.29 is 0 Å². The molecule has 13 heavy (non-hydrogen) atoms. The van der Waals surface area contributed by atoms with Crippen LogP contribution >= 0.6 is 22.9 Å². The summed E-state index contributed by atoms with van der Waals surface area (Å²) < 4.78 is 0.828. The fraction of sp³-hybridized carbons (Fsp3) is 0.600. The summed E-state index contributed by atoms with van der Waals surface area (Å²) in [6.45, 7) is 4.42. The van der Waals surface area contributed by atoms with E-state index in [0.717, 1.165) is 10.8 Å². The van der Waals surface area contributed by atoms with Crippen LogP contribution < -0.4 is 5.73 Å². The largest absolute Gasteiger partial charge is 0.323 e. The maximum atomic E-state index is 6.04. The molecule has 1 aromatic rings. The second kappa shape index (κ2) is 4.99. The van der Waals surface area contributed by atoms with Crippen LogP contribution in [-0.2, 0) is 0 Å². The molecule has 0 aromatic carbocycles. The molecule has 0 aliphatic rings. The number of rotatable bonds is 4. The lowest BCUT2D eigenvalue weighted by Crippen LogP contribution is -2.12. The molecule has 2 unspecified atom stereocenters. The average Bonchev–Trinajstić information content (AvgIpc) is 2.51. The molecule has 0 aliphatic carbocycles. The molecule has 1 aromatic heterocycles. The Bertz CT molecular complexity index is 259. The first kappa shape index (κ1) is 11.0. The van der Waals surface area contributed by atoms with E-state index in [1.807, 2.05) is 12.1 Å². The number of hydrogen-bond acceptors (Lipinski definition) is 2. The molecule has 0 saturated heterocycles. The lowest BCUT2D eigenvalue weighted by atomic mass is 9.99. The molecule has 1 rings (SSSR count). The Balaban J connectivity index is 2.53. The molecule has 3 heteroatoms. The van der Waals surface area contributed by atoms with Crippen molar-refractivity contribution in [3.8, 4) is 0 Å². The zero-order valence-corrected chi connectivity index (χ0v) is 9.66. The minimum Gasteiger partial charge on any atom is -0.323 e. The van der Waals surface area contributed by atoms with Gasteiger partial charge in [0.25, 0.3) is 0 Å². The molecular weight excluding hydrogens is 202 g/mol. The van der Waals surface area contributed by atoms with Crippen molar-refractivity contribution in [2.75, 3.05) is 0 Å². The fourth-order valence-corrected chi connectivity index (χ4v) is 2.32. The SMILES string of the molecule is CCC(C)CC(N)c1ccc(Cl)s1. The summed E-state index contributed by atoms with van der Waals surface area (Å²) in [4.78, 5) is 1.20. The van der Waals surface area contributed by atoms with Crippen LogP contribution in [0, 0.1) is 5.92 Å². The van der Waals surface area contributed by atoms with Crippen LogP contribution in [0.15, 0.2) is 12.1 Å². The molecule has 2 atom stereocenters. The Kier molecular flexibility index (Phi) is 4.23. The van der Waals surface area contributed by atoms with Crippen molar-refractivity contribution in [3.05, 3.63) is 21.3 Å². The van der Waals surface area contributed by atoms with Gasteiger partial charge in [0.1, 0.15) is 0 Å². The van der Waals surface area contributed by atoms with Crippen LogP contribution in [0.5, 0.6) is 0 Å². The third kappa shape index (κ3) is 3.29. The van der Waals surface area contributed by atoms with Gasteiger partial charge in [0.15, 0.2) is 0 Å². The summed E-state index contributed by atoms with van der Waals surface area (Å²) in [7, 11) is 0. The quantitative estimate of drug-likeness (QED) is 0.815. The van der Waals surface area contributed by atoms with Gasteiger partial charge in [-0.25, -0.2) is 0 Å². The van der Waals surface area contributed by atoms with E-state index in [4.69, 9.17) is 17.3 Å². The van der Waals surface area contributed by atoms with Gasteiger partial charge in [0.05, 0.1) is 4.34 Å². The van der Waals surface area contributed by atoms with Gasteiger partial charge in [0.2, 0.25) is 0 Å². The first-order valence-electron chi connectivity index (χ1n) is 4.64. The summed E-state index contributed by atoms with van der Waals surface area (Å²) in [5.41, 5.74) is 6.04. The zero-order valence-electron chi connectivity index (χ0n) is 8.09. The maximum absolute atomic E-state index is 6.04. The highest BCUT2D eigenvalue weighted by atomic mass is 35.5. The molecule has 0 aliphatic heterocycles. The van der Waals surface area contributed by atoms with Gasteiger partial charge in [-0.3, -0.25) is 0 Å². The van der Waals surface area contributed by atoms with E-state index < -0.39 is 0 Å². The minimum atomic E-state index is 0.160. The first-order chi connectivity index (χ1) is 6.13. The smallest absolute Gasteiger partial charge is 0.0931 e. The molecule has 1 heterocycles. The highest BCUT2D eigenvalue weighted by molar-refractivity contribution is 7.16. The molecule has 0 fully saturated rings. The summed E-state index contributed by atoms with van der Waals surface area (Å²) in [5, 5.41) is 0.